The molecule has 0 aromatic carbocycles. The minimum atomic E-state index is -0.260. The van der Waals surface area contributed by atoms with Crippen molar-refractivity contribution in [3.63, 3.8) is 0 Å². The van der Waals surface area contributed by atoms with E-state index in [0.717, 1.165) is 0 Å². The summed E-state index contributed by atoms with van der Waals surface area (Å²) in [7, 11) is 0. The minimum Gasteiger partial charge on any atom is -0.330 e. The SMILES string of the molecule is NCCC(=O)Nc1ncnc(Cl)c1Cl. The van der Waals surface area contributed by atoms with Crippen molar-refractivity contribution in [2.24, 2.45) is 5.73 Å². The number of hydrogen-bond acceptors (Lipinski definition) is 4. The van der Waals surface area contributed by atoms with Crippen LogP contribution in [0.5, 0.6) is 0 Å². The second-order valence-corrected chi connectivity index (χ2v) is 3.15. The number of nitrogens with two attached hydrogens (primary N) is 1. The molecule has 76 valence electrons. The lowest BCUT2D eigenvalue weighted by atomic mass is 10.4. The van der Waals surface area contributed by atoms with Gasteiger partial charge in [-0.2, -0.15) is 0 Å². The first-order valence-corrected chi connectivity index (χ1v) is 4.56. The number of hydrogen-bond donors (Lipinski definition) is 2. The highest BCUT2D eigenvalue weighted by Gasteiger charge is 2.09. The van der Waals surface area contributed by atoms with Crippen LogP contribution >= 0.6 is 23.2 Å². The van der Waals surface area contributed by atoms with Gasteiger partial charge in [-0.15, -0.1) is 0 Å². The highest BCUT2D eigenvalue weighted by atomic mass is 35.5. The molecule has 1 aromatic heterocycles. The number of anilines is 1. The van der Waals surface area contributed by atoms with Gasteiger partial charge in [0.25, 0.3) is 0 Å². The average Bonchev–Trinajstić information content (AvgIpc) is 2.13. The smallest absolute Gasteiger partial charge is 0.226 e. The van der Waals surface area contributed by atoms with Crippen LogP contribution in [0.3, 0.4) is 0 Å². The zero-order chi connectivity index (χ0) is 10.6. The molecule has 1 heterocycles. The summed E-state index contributed by atoms with van der Waals surface area (Å²) in [5.74, 6) is -0.0608. The molecule has 0 saturated heterocycles. The summed E-state index contributed by atoms with van der Waals surface area (Å²) in [5, 5.41) is 2.69. The Morgan fingerprint density at radius 3 is 2.86 bits per heavy atom. The highest BCUT2D eigenvalue weighted by Crippen LogP contribution is 2.25. The number of halogens is 2. The first-order chi connectivity index (χ1) is 6.65. The molecule has 0 fully saturated rings. The topological polar surface area (TPSA) is 80.9 Å². The fourth-order valence-corrected chi connectivity index (χ4v) is 1.04. The Morgan fingerprint density at radius 1 is 1.50 bits per heavy atom. The third kappa shape index (κ3) is 2.80. The molecule has 0 atom stereocenters. The van der Waals surface area contributed by atoms with Crippen LogP contribution in [-0.2, 0) is 4.79 Å². The van der Waals surface area contributed by atoms with Gasteiger partial charge in [-0.25, -0.2) is 9.97 Å². The number of nitrogens with one attached hydrogen (secondary N) is 1. The van der Waals surface area contributed by atoms with Crippen molar-refractivity contribution < 1.29 is 4.79 Å². The van der Waals surface area contributed by atoms with Gasteiger partial charge in [-0.1, -0.05) is 23.2 Å². The van der Waals surface area contributed by atoms with E-state index in [9.17, 15) is 4.79 Å². The zero-order valence-electron chi connectivity index (χ0n) is 7.13. The van der Waals surface area contributed by atoms with Crippen LogP contribution in [-0.4, -0.2) is 22.4 Å². The molecule has 0 unspecified atom stereocenters. The Morgan fingerprint density at radius 2 is 2.21 bits per heavy atom. The first-order valence-electron chi connectivity index (χ1n) is 3.81. The van der Waals surface area contributed by atoms with Gasteiger partial charge in [0.15, 0.2) is 11.0 Å². The van der Waals surface area contributed by atoms with E-state index in [1.165, 1.54) is 6.33 Å². The monoisotopic (exact) mass is 234 g/mol. The summed E-state index contributed by atoms with van der Waals surface area (Å²) < 4.78 is 0. The maximum absolute atomic E-state index is 11.1. The van der Waals surface area contributed by atoms with Crippen molar-refractivity contribution in [3.8, 4) is 0 Å². The molecule has 5 nitrogen and oxygen atoms in total. The number of carbonyl (C=O) groups is 1. The van der Waals surface area contributed by atoms with E-state index >= 15 is 0 Å². The standard InChI is InChI=1S/C7H8Cl2N4O/c8-5-6(9)11-3-12-7(5)13-4(14)1-2-10/h3H,1-2,10H2,(H,11,12,13,14). The van der Waals surface area contributed by atoms with E-state index in [1.54, 1.807) is 0 Å². The summed E-state index contributed by atoms with van der Waals surface area (Å²) in [6.07, 6.45) is 1.42. The van der Waals surface area contributed by atoms with Gasteiger partial charge in [0.2, 0.25) is 5.91 Å². The third-order valence-corrected chi connectivity index (χ3v) is 2.12. The Bertz CT molecular complexity index is 344. The second kappa shape index (κ2) is 5.09. The van der Waals surface area contributed by atoms with Crippen molar-refractivity contribution in [2.75, 3.05) is 11.9 Å². The molecule has 0 aliphatic heterocycles. The van der Waals surface area contributed by atoms with E-state index in [0.29, 0.717) is 0 Å². The predicted octanol–water partition coefficient (Wildman–Crippen LogP) is 1.07. The van der Waals surface area contributed by atoms with Crippen LogP contribution in [0.25, 0.3) is 0 Å². The Hall–Kier alpha value is -0.910. The van der Waals surface area contributed by atoms with Gasteiger partial charge in [0.05, 0.1) is 0 Å². The maximum Gasteiger partial charge on any atom is 0.226 e. The maximum atomic E-state index is 11.1. The van der Waals surface area contributed by atoms with E-state index in [2.05, 4.69) is 15.3 Å². The molecule has 0 saturated carbocycles. The Labute approximate surface area is 90.6 Å². The molecule has 1 aromatic rings. The van der Waals surface area contributed by atoms with Crippen molar-refractivity contribution in [3.05, 3.63) is 16.5 Å². The Kier molecular flexibility index (Phi) is 4.06. The minimum absolute atomic E-state index is 0.102. The van der Waals surface area contributed by atoms with Gasteiger partial charge in [-0.3, -0.25) is 4.79 Å². The quantitative estimate of drug-likeness (QED) is 0.768. The van der Waals surface area contributed by atoms with Crippen molar-refractivity contribution in [2.45, 2.75) is 6.42 Å². The number of amides is 1. The highest BCUT2D eigenvalue weighted by molar-refractivity contribution is 6.42. The molecular formula is C7H8Cl2N4O. The number of nitrogens with zero attached hydrogens (tertiary/aromatic N) is 2. The normalized spacial score (nSPS) is 9.93. The van der Waals surface area contributed by atoms with Gasteiger partial charge in [-0.05, 0) is 0 Å². The summed E-state index contributed by atoms with van der Waals surface area (Å²) in [4.78, 5) is 18.5. The average molecular weight is 235 g/mol. The van der Waals surface area contributed by atoms with Crippen LogP contribution < -0.4 is 11.1 Å². The number of rotatable bonds is 3. The van der Waals surface area contributed by atoms with Crippen molar-refractivity contribution in [1.82, 2.24) is 9.97 Å². The number of carbonyl (C=O) groups excluding carboxylic acids is 1. The summed E-state index contributed by atoms with van der Waals surface area (Å²) in [5.41, 5.74) is 5.20. The number of aromatic nitrogens is 2. The van der Waals surface area contributed by atoms with Crippen LogP contribution in [0.4, 0.5) is 5.82 Å². The molecule has 3 N–H and O–H groups in total. The molecule has 0 spiro atoms. The first kappa shape index (κ1) is 11.2. The fraction of sp³-hybridized carbons (Fsp3) is 0.286. The zero-order valence-corrected chi connectivity index (χ0v) is 8.64. The molecule has 1 amide bonds. The van der Waals surface area contributed by atoms with Gasteiger partial charge >= 0.3 is 0 Å². The van der Waals surface area contributed by atoms with E-state index in [1.807, 2.05) is 0 Å². The predicted molar refractivity (Wildman–Crippen MR) is 54.4 cm³/mol. The van der Waals surface area contributed by atoms with Gasteiger partial charge in [0.1, 0.15) is 11.3 Å². The third-order valence-electron chi connectivity index (χ3n) is 1.38. The fourth-order valence-electron chi connectivity index (χ4n) is 0.761. The van der Waals surface area contributed by atoms with Crippen LogP contribution in [0, 0.1) is 0 Å². The molecule has 0 radical (unpaired) electrons. The van der Waals surface area contributed by atoms with Gasteiger partial charge < -0.3 is 11.1 Å². The molecule has 1 rings (SSSR count). The van der Waals surface area contributed by atoms with Crippen LogP contribution in [0.1, 0.15) is 6.42 Å². The lowest BCUT2D eigenvalue weighted by Gasteiger charge is -2.04. The molecular weight excluding hydrogens is 227 g/mol. The summed E-state index contributed by atoms with van der Waals surface area (Å²) in [6, 6.07) is 0. The van der Waals surface area contributed by atoms with Crippen LogP contribution in [0.15, 0.2) is 6.33 Å². The van der Waals surface area contributed by atoms with Crippen molar-refractivity contribution in [1.29, 1.82) is 0 Å². The van der Waals surface area contributed by atoms with Crippen LogP contribution in [0.2, 0.25) is 10.2 Å². The second-order valence-electron chi connectivity index (χ2n) is 2.41. The summed E-state index contributed by atoms with van der Waals surface area (Å²) >= 11 is 11.3. The molecule has 0 bridgehead atoms. The Balaban J connectivity index is 2.76. The lowest BCUT2D eigenvalue weighted by Crippen LogP contribution is -2.17. The largest absolute Gasteiger partial charge is 0.330 e. The lowest BCUT2D eigenvalue weighted by molar-refractivity contribution is -0.116. The molecule has 0 aliphatic rings. The van der Waals surface area contributed by atoms with Crippen molar-refractivity contribution >= 4 is 34.9 Å². The van der Waals surface area contributed by atoms with Gasteiger partial charge in [0, 0.05) is 13.0 Å². The summed E-state index contributed by atoms with van der Waals surface area (Å²) in [6.45, 7) is 0.266. The van der Waals surface area contributed by atoms with E-state index in [4.69, 9.17) is 28.9 Å². The molecule has 7 heteroatoms. The molecule has 14 heavy (non-hydrogen) atoms. The van der Waals surface area contributed by atoms with E-state index in [-0.39, 0.29) is 34.9 Å². The van der Waals surface area contributed by atoms with E-state index < -0.39 is 0 Å². The molecule has 0 aliphatic carbocycles.